The fraction of sp³-hybridized carbons (Fsp3) is 0.409. The number of nitrogens with one attached hydrogen (secondary N) is 1. The van der Waals surface area contributed by atoms with Gasteiger partial charge in [-0.05, 0) is 48.6 Å². The molecular weight excluding hydrogens is 372 g/mol. The van der Waals surface area contributed by atoms with Crippen LogP contribution in [0.15, 0.2) is 59.5 Å². The van der Waals surface area contributed by atoms with E-state index in [4.69, 9.17) is 0 Å². The predicted molar refractivity (Wildman–Crippen MR) is 113 cm³/mol. The number of carbonyl (C=O) groups excluding carboxylic acids is 1. The van der Waals surface area contributed by atoms with E-state index in [1.54, 1.807) is 12.1 Å². The molecule has 2 aromatic carbocycles. The van der Waals surface area contributed by atoms with E-state index in [9.17, 15) is 13.2 Å². The van der Waals surface area contributed by atoms with Crippen LogP contribution in [-0.4, -0.2) is 38.3 Å². The third-order valence-corrected chi connectivity index (χ3v) is 6.55. The second-order valence-electron chi connectivity index (χ2n) is 6.95. The second-order valence-corrected chi connectivity index (χ2v) is 8.89. The first-order valence-corrected chi connectivity index (χ1v) is 11.3. The number of amides is 1. The summed E-state index contributed by atoms with van der Waals surface area (Å²) >= 11 is 0. The van der Waals surface area contributed by atoms with Gasteiger partial charge in [0.1, 0.15) is 0 Å². The molecule has 0 saturated heterocycles. The van der Waals surface area contributed by atoms with Gasteiger partial charge in [-0.1, -0.05) is 51.1 Å². The van der Waals surface area contributed by atoms with Crippen LogP contribution in [0.3, 0.4) is 0 Å². The average Bonchev–Trinajstić information content (AvgIpc) is 2.72. The lowest BCUT2D eigenvalue weighted by atomic mass is 10.0. The zero-order chi connectivity index (χ0) is 20.6. The number of carbonyl (C=O) groups is 1. The highest BCUT2D eigenvalue weighted by Crippen LogP contribution is 2.18. The zero-order valence-corrected chi connectivity index (χ0v) is 17.7. The number of hydrogen-bond acceptors (Lipinski definition) is 3. The van der Waals surface area contributed by atoms with E-state index in [1.165, 1.54) is 16.4 Å². The minimum atomic E-state index is -3.53. The smallest absolute Gasteiger partial charge is 0.251 e. The second kappa shape index (κ2) is 10.4. The van der Waals surface area contributed by atoms with Gasteiger partial charge in [-0.3, -0.25) is 4.79 Å². The molecule has 28 heavy (non-hydrogen) atoms. The molecule has 0 aliphatic carbocycles. The Labute approximate surface area is 168 Å². The van der Waals surface area contributed by atoms with Crippen molar-refractivity contribution < 1.29 is 13.2 Å². The Kier molecular flexibility index (Phi) is 8.20. The molecule has 0 aliphatic heterocycles. The van der Waals surface area contributed by atoms with Gasteiger partial charge < -0.3 is 5.32 Å². The Morgan fingerprint density at radius 3 is 2.07 bits per heavy atom. The van der Waals surface area contributed by atoms with Crippen molar-refractivity contribution in [3.05, 3.63) is 65.7 Å². The number of rotatable bonds is 10. The standard InChI is InChI=1S/C22H30N2O3S/c1-4-15-24(16-5-2)28(26,27)21-13-11-20(12-14-21)22(25)23-17-18(3)19-9-7-6-8-10-19/h6-14,18H,4-5,15-17H2,1-3H3,(H,23,25). The van der Waals surface area contributed by atoms with Gasteiger partial charge in [0.15, 0.2) is 0 Å². The molecule has 152 valence electrons. The summed E-state index contributed by atoms with van der Waals surface area (Å²) < 4.78 is 27.1. The van der Waals surface area contributed by atoms with E-state index in [0.29, 0.717) is 25.2 Å². The van der Waals surface area contributed by atoms with Crippen molar-refractivity contribution in [2.24, 2.45) is 0 Å². The zero-order valence-electron chi connectivity index (χ0n) is 16.9. The summed E-state index contributed by atoms with van der Waals surface area (Å²) in [5, 5.41) is 2.92. The van der Waals surface area contributed by atoms with Gasteiger partial charge in [0, 0.05) is 25.2 Å². The lowest BCUT2D eigenvalue weighted by Crippen LogP contribution is -2.32. The molecule has 1 atom stereocenters. The van der Waals surface area contributed by atoms with Crippen molar-refractivity contribution in [3.8, 4) is 0 Å². The molecule has 0 radical (unpaired) electrons. The topological polar surface area (TPSA) is 66.5 Å². The molecular formula is C22H30N2O3S. The first kappa shape index (κ1) is 22.1. The van der Waals surface area contributed by atoms with Crippen LogP contribution in [0, 0.1) is 0 Å². The molecule has 0 aromatic heterocycles. The summed E-state index contributed by atoms with van der Waals surface area (Å²) in [6.45, 7) is 7.49. The molecule has 2 rings (SSSR count). The molecule has 1 amide bonds. The molecule has 0 heterocycles. The van der Waals surface area contributed by atoms with Gasteiger partial charge in [0.25, 0.3) is 5.91 Å². The third kappa shape index (κ3) is 5.66. The van der Waals surface area contributed by atoms with E-state index in [2.05, 4.69) is 12.2 Å². The summed E-state index contributed by atoms with van der Waals surface area (Å²) in [6, 6.07) is 16.2. The van der Waals surface area contributed by atoms with Gasteiger partial charge in [-0.2, -0.15) is 4.31 Å². The minimum Gasteiger partial charge on any atom is -0.351 e. The molecule has 0 fully saturated rings. The molecule has 0 bridgehead atoms. The first-order chi connectivity index (χ1) is 13.4. The highest BCUT2D eigenvalue weighted by atomic mass is 32.2. The molecule has 5 nitrogen and oxygen atoms in total. The van der Waals surface area contributed by atoms with Gasteiger partial charge >= 0.3 is 0 Å². The maximum Gasteiger partial charge on any atom is 0.251 e. The lowest BCUT2D eigenvalue weighted by Gasteiger charge is -2.21. The third-order valence-electron chi connectivity index (χ3n) is 4.64. The summed E-state index contributed by atoms with van der Waals surface area (Å²) in [5.74, 6) is -0.00727. The van der Waals surface area contributed by atoms with Gasteiger partial charge in [-0.25, -0.2) is 8.42 Å². The van der Waals surface area contributed by atoms with Crippen LogP contribution >= 0.6 is 0 Å². The molecule has 1 unspecified atom stereocenters. The van der Waals surface area contributed by atoms with Crippen LogP contribution in [-0.2, 0) is 10.0 Å². The highest BCUT2D eigenvalue weighted by Gasteiger charge is 2.23. The Bertz CT molecular complexity index is 843. The lowest BCUT2D eigenvalue weighted by molar-refractivity contribution is 0.0951. The van der Waals surface area contributed by atoms with Crippen molar-refractivity contribution >= 4 is 15.9 Å². The molecule has 1 N–H and O–H groups in total. The minimum absolute atomic E-state index is 0.196. The van der Waals surface area contributed by atoms with Crippen molar-refractivity contribution in [2.75, 3.05) is 19.6 Å². The molecule has 0 spiro atoms. The molecule has 0 aliphatic rings. The van der Waals surface area contributed by atoms with E-state index >= 15 is 0 Å². The monoisotopic (exact) mass is 402 g/mol. The maximum atomic E-state index is 12.8. The van der Waals surface area contributed by atoms with E-state index in [-0.39, 0.29) is 16.7 Å². The first-order valence-electron chi connectivity index (χ1n) is 9.83. The van der Waals surface area contributed by atoms with Crippen LogP contribution in [0.4, 0.5) is 0 Å². The van der Waals surface area contributed by atoms with Crippen molar-refractivity contribution in [2.45, 2.75) is 44.4 Å². The van der Waals surface area contributed by atoms with Gasteiger partial charge in [0.05, 0.1) is 4.90 Å². The number of sulfonamides is 1. The number of hydrogen-bond donors (Lipinski definition) is 1. The quantitative estimate of drug-likeness (QED) is 0.652. The SMILES string of the molecule is CCCN(CCC)S(=O)(=O)c1ccc(C(=O)NCC(C)c2ccccc2)cc1. The number of benzene rings is 2. The fourth-order valence-electron chi connectivity index (χ4n) is 3.03. The normalized spacial score (nSPS) is 12.7. The Balaban J connectivity index is 2.03. The summed E-state index contributed by atoms with van der Waals surface area (Å²) in [4.78, 5) is 12.6. The van der Waals surface area contributed by atoms with Gasteiger partial charge in [0.2, 0.25) is 10.0 Å². The van der Waals surface area contributed by atoms with Crippen molar-refractivity contribution in [3.63, 3.8) is 0 Å². The summed E-state index contributed by atoms with van der Waals surface area (Å²) in [5.41, 5.74) is 1.62. The van der Waals surface area contributed by atoms with E-state index in [1.807, 2.05) is 44.2 Å². The van der Waals surface area contributed by atoms with Crippen LogP contribution in [0.1, 0.15) is 55.5 Å². The highest BCUT2D eigenvalue weighted by molar-refractivity contribution is 7.89. The summed E-state index contributed by atoms with van der Waals surface area (Å²) in [7, 11) is -3.53. The van der Waals surface area contributed by atoms with Crippen molar-refractivity contribution in [1.29, 1.82) is 0 Å². The van der Waals surface area contributed by atoms with Crippen LogP contribution in [0.5, 0.6) is 0 Å². The van der Waals surface area contributed by atoms with Crippen LogP contribution in [0.2, 0.25) is 0 Å². The van der Waals surface area contributed by atoms with Crippen molar-refractivity contribution in [1.82, 2.24) is 9.62 Å². The fourth-order valence-corrected chi connectivity index (χ4v) is 4.65. The Hall–Kier alpha value is -2.18. The maximum absolute atomic E-state index is 12.8. The predicted octanol–water partition coefficient (Wildman–Crippen LogP) is 4.03. The molecule has 0 saturated carbocycles. The average molecular weight is 403 g/mol. The Morgan fingerprint density at radius 2 is 1.54 bits per heavy atom. The largest absolute Gasteiger partial charge is 0.351 e. The summed E-state index contributed by atoms with van der Waals surface area (Å²) in [6.07, 6.45) is 1.53. The van der Waals surface area contributed by atoms with E-state index in [0.717, 1.165) is 18.4 Å². The molecule has 2 aromatic rings. The Morgan fingerprint density at radius 1 is 0.964 bits per heavy atom. The van der Waals surface area contributed by atoms with Crippen LogP contribution in [0.25, 0.3) is 0 Å². The van der Waals surface area contributed by atoms with Gasteiger partial charge in [-0.15, -0.1) is 0 Å². The van der Waals surface area contributed by atoms with E-state index < -0.39 is 10.0 Å². The van der Waals surface area contributed by atoms with Crippen LogP contribution < -0.4 is 5.32 Å². The molecule has 6 heteroatoms. The number of nitrogens with zero attached hydrogens (tertiary/aromatic N) is 1.